The van der Waals surface area contributed by atoms with Gasteiger partial charge < -0.3 is 0 Å². The third kappa shape index (κ3) is 28.6. The Morgan fingerprint density at radius 2 is 1.00 bits per heavy atom. The summed E-state index contributed by atoms with van der Waals surface area (Å²) >= 11 is 14.4. The van der Waals surface area contributed by atoms with Crippen LogP contribution in [0.15, 0.2) is 0 Å². The van der Waals surface area contributed by atoms with Crippen molar-refractivity contribution in [2.75, 3.05) is 0 Å². The zero-order valence-corrected chi connectivity index (χ0v) is 6.04. The maximum absolute atomic E-state index is 4.81. The molecule has 0 aromatic rings. The average molecular weight is 167 g/mol. The van der Waals surface area contributed by atoms with Crippen LogP contribution in [0.25, 0.3) is 0 Å². The fraction of sp³-hybridized carbons (Fsp3) is 1.00. The Hall–Kier alpha value is 1.58. The molecule has 0 aromatic carbocycles. The van der Waals surface area contributed by atoms with Gasteiger partial charge in [-0.15, -0.1) is 0 Å². The van der Waals surface area contributed by atoms with Crippen LogP contribution in [0.2, 0.25) is 0 Å². The summed E-state index contributed by atoms with van der Waals surface area (Å²) in [4.78, 5) is 0. The van der Waals surface area contributed by atoms with Crippen molar-refractivity contribution in [3.05, 3.63) is 0 Å². The first-order valence-corrected chi connectivity index (χ1v) is 1.96. The van der Waals surface area contributed by atoms with Crippen molar-refractivity contribution in [2.45, 2.75) is 4.30 Å². The molecule has 0 spiro atoms. The summed E-state index contributed by atoms with van der Waals surface area (Å²) in [7, 11) is 0. The van der Waals surface area contributed by atoms with Crippen molar-refractivity contribution in [3.63, 3.8) is 0 Å². The second-order valence-electron chi connectivity index (χ2n) is 0.247. The topological polar surface area (TPSA) is 0 Å². The van der Waals surface area contributed by atoms with Crippen molar-refractivity contribution in [2.24, 2.45) is 0 Å². The van der Waals surface area contributed by atoms with Crippen molar-refractivity contribution in [1.82, 2.24) is 0 Å². The Morgan fingerprint density at radius 3 is 1.00 bits per heavy atom. The molecule has 0 bridgehead atoms. The van der Waals surface area contributed by atoms with E-state index in [-0.39, 0.29) is 21.7 Å². The zero-order valence-electron chi connectivity index (χ0n) is 2.21. The molecule has 0 nitrogen and oxygen atoms in total. The van der Waals surface area contributed by atoms with Crippen LogP contribution in [-0.4, -0.2) is 4.30 Å². The summed E-state index contributed by atoms with van der Waals surface area (Å²) < 4.78 is -0.750. The maximum Gasteiger partial charge on any atom is 4.00 e. The average Bonchev–Trinajstić information content (AvgIpc) is 0.811. The molecule has 0 saturated heterocycles. The minimum atomic E-state index is -0.750. The molecule has 0 radical (unpaired) electrons. The fourth-order valence-corrected chi connectivity index (χ4v) is 0. The van der Waals surface area contributed by atoms with Crippen LogP contribution in [-0.2, 0) is 21.7 Å². The van der Waals surface area contributed by atoms with Gasteiger partial charge in [0.25, 0.3) is 0 Å². The van der Waals surface area contributed by atoms with Gasteiger partial charge in [-0.3, -0.25) is 0 Å². The normalized spacial score (nSPS) is 7.20. The first kappa shape index (κ1) is 9.77. The Labute approximate surface area is 60.7 Å². The molecule has 0 heterocycles. The molecule has 5 heavy (non-hydrogen) atoms. The molecule has 0 rings (SSSR count). The molecule has 0 fully saturated rings. The van der Waals surface area contributed by atoms with E-state index < -0.39 is 4.30 Å². The summed E-state index contributed by atoms with van der Waals surface area (Å²) in [6.45, 7) is 0. The number of hydrogen-bond donors (Lipinski definition) is 0. The van der Waals surface area contributed by atoms with Gasteiger partial charge in [0.15, 0.2) is 4.30 Å². The molecule has 0 aliphatic carbocycles. The molecule has 0 aromatic heterocycles. The molecule has 4 heteroatoms. The summed E-state index contributed by atoms with van der Waals surface area (Å²) in [6, 6.07) is 0. The second kappa shape index (κ2) is 5.58. The van der Waals surface area contributed by atoms with E-state index in [1.54, 1.807) is 0 Å². The molecule has 0 saturated carbocycles. The van der Waals surface area contributed by atoms with Crippen LogP contribution in [0.5, 0.6) is 0 Å². The van der Waals surface area contributed by atoms with Gasteiger partial charge in [0.1, 0.15) is 0 Å². The summed E-state index contributed by atoms with van der Waals surface area (Å²) in [5.41, 5.74) is 0. The third-order valence-corrected chi connectivity index (χ3v) is 0. The second-order valence-corrected chi connectivity index (χ2v) is 2.23. The van der Waals surface area contributed by atoms with E-state index in [1.165, 1.54) is 0 Å². The SMILES string of the molecule is ClC(Cl)Cl.[Ti+4]. The van der Waals surface area contributed by atoms with Crippen molar-refractivity contribution < 1.29 is 21.7 Å². The van der Waals surface area contributed by atoms with Gasteiger partial charge in [-0.05, 0) is 0 Å². The number of hydrogen-bond acceptors (Lipinski definition) is 0. The van der Waals surface area contributed by atoms with Crippen LogP contribution < -0.4 is 0 Å². The van der Waals surface area contributed by atoms with Crippen LogP contribution in [0.1, 0.15) is 0 Å². The Kier molecular flexibility index (Phi) is 10.9. The Morgan fingerprint density at radius 1 is 1.00 bits per heavy atom. The van der Waals surface area contributed by atoms with Crippen LogP contribution in [0, 0.1) is 0 Å². The van der Waals surface area contributed by atoms with Crippen LogP contribution >= 0.6 is 34.8 Å². The number of alkyl halides is 3. The molecule has 26 valence electrons. The van der Waals surface area contributed by atoms with Gasteiger partial charge in [0, 0.05) is 0 Å². The molecular formula is CHCl3Ti+4. The summed E-state index contributed by atoms with van der Waals surface area (Å²) in [6.07, 6.45) is 0. The third-order valence-electron chi connectivity index (χ3n) is 0. The van der Waals surface area contributed by atoms with E-state index in [1.807, 2.05) is 0 Å². The van der Waals surface area contributed by atoms with Gasteiger partial charge in [0.05, 0.1) is 0 Å². The summed E-state index contributed by atoms with van der Waals surface area (Å²) in [5, 5.41) is 0. The van der Waals surface area contributed by atoms with Crippen molar-refractivity contribution in [3.8, 4) is 0 Å². The molecule has 0 aliphatic heterocycles. The molecule has 0 unspecified atom stereocenters. The van der Waals surface area contributed by atoms with Crippen LogP contribution in [0.4, 0.5) is 0 Å². The van der Waals surface area contributed by atoms with Gasteiger partial charge in [-0.1, -0.05) is 34.8 Å². The molecule has 0 aliphatic rings. The monoisotopic (exact) mass is 166 g/mol. The molecule has 0 atom stereocenters. The largest absolute Gasteiger partial charge is 4.00 e. The minimum absolute atomic E-state index is 0. The van der Waals surface area contributed by atoms with E-state index in [0.717, 1.165) is 0 Å². The van der Waals surface area contributed by atoms with E-state index in [2.05, 4.69) is 0 Å². The van der Waals surface area contributed by atoms with E-state index >= 15 is 0 Å². The Balaban J connectivity index is 0. The van der Waals surface area contributed by atoms with Gasteiger partial charge in [-0.25, -0.2) is 0 Å². The Bertz CT molecular complexity index is 11.6. The predicted molar refractivity (Wildman–Crippen MR) is 21.3 cm³/mol. The van der Waals surface area contributed by atoms with E-state index in [4.69, 9.17) is 34.8 Å². The predicted octanol–water partition coefficient (Wildman–Crippen LogP) is 1.98. The first-order valence-electron chi connectivity index (χ1n) is 0.655. The summed E-state index contributed by atoms with van der Waals surface area (Å²) in [5.74, 6) is 0. The molecule has 0 N–H and O–H groups in total. The fourth-order valence-electron chi connectivity index (χ4n) is 0. The van der Waals surface area contributed by atoms with Crippen molar-refractivity contribution >= 4 is 34.8 Å². The van der Waals surface area contributed by atoms with Gasteiger partial charge in [0.2, 0.25) is 0 Å². The van der Waals surface area contributed by atoms with Gasteiger partial charge >= 0.3 is 21.7 Å². The van der Waals surface area contributed by atoms with Crippen molar-refractivity contribution in [1.29, 1.82) is 0 Å². The first-order chi connectivity index (χ1) is 1.73. The number of rotatable bonds is 0. The number of halogens is 3. The standard InChI is InChI=1S/CHCl3.Ti/c2-1(3)4;/h1H;/q;+4. The molecular weight excluding hydrogens is 166 g/mol. The minimum Gasteiger partial charge on any atom is -0.0874 e. The smallest absolute Gasteiger partial charge is 0.0874 e. The molecule has 0 amide bonds. The quantitative estimate of drug-likeness (QED) is 0.382. The van der Waals surface area contributed by atoms with Crippen LogP contribution in [0.3, 0.4) is 0 Å². The zero-order chi connectivity index (χ0) is 3.58. The van der Waals surface area contributed by atoms with E-state index in [9.17, 15) is 0 Å². The maximum atomic E-state index is 4.81. The van der Waals surface area contributed by atoms with E-state index in [0.29, 0.717) is 0 Å². The van der Waals surface area contributed by atoms with Gasteiger partial charge in [-0.2, -0.15) is 0 Å².